The van der Waals surface area contributed by atoms with Gasteiger partial charge in [0.25, 0.3) is 0 Å². The van der Waals surface area contributed by atoms with Gasteiger partial charge in [0, 0.05) is 9.77 Å². The number of benzene rings is 2. The molecule has 0 spiro atoms. The van der Waals surface area contributed by atoms with E-state index in [1.54, 1.807) is 11.3 Å². The lowest BCUT2D eigenvalue weighted by atomic mass is 10.0. The zero-order valence-corrected chi connectivity index (χ0v) is 19.6. The van der Waals surface area contributed by atoms with Crippen LogP contribution in [-0.4, -0.2) is 17.1 Å². The molecule has 6 heteroatoms. The highest BCUT2D eigenvalue weighted by atomic mass is 32.2. The average molecular weight is 451 g/mol. The molecule has 0 bridgehead atoms. The normalized spacial score (nSPS) is 16.7. The first kappa shape index (κ1) is 21.7. The molecule has 0 unspecified atom stereocenters. The predicted octanol–water partition coefficient (Wildman–Crippen LogP) is 5.32. The number of nitrogens with one attached hydrogen (secondary N) is 1. The Balaban J connectivity index is 1.58. The van der Waals surface area contributed by atoms with Crippen molar-refractivity contribution in [3.05, 3.63) is 81.5 Å². The highest BCUT2D eigenvalue weighted by Gasteiger charge is 2.39. The van der Waals surface area contributed by atoms with E-state index in [9.17, 15) is 9.59 Å². The Kier molecular flexibility index (Phi) is 6.49. The summed E-state index contributed by atoms with van der Waals surface area (Å²) in [5.41, 5.74) is 4.38. The molecule has 1 N–H and O–H groups in total. The maximum atomic E-state index is 13.6. The number of rotatable bonds is 6. The van der Waals surface area contributed by atoms with Crippen molar-refractivity contribution >= 4 is 40.6 Å². The molecule has 0 saturated carbocycles. The van der Waals surface area contributed by atoms with Gasteiger partial charge in [0.1, 0.15) is 5.25 Å². The highest BCUT2D eigenvalue weighted by Crippen LogP contribution is 2.42. The predicted molar refractivity (Wildman–Crippen MR) is 129 cm³/mol. The van der Waals surface area contributed by atoms with Gasteiger partial charge in [-0.05, 0) is 48.6 Å². The van der Waals surface area contributed by atoms with Crippen molar-refractivity contribution in [1.29, 1.82) is 0 Å². The van der Waals surface area contributed by atoms with Crippen LogP contribution in [0.4, 0.5) is 5.69 Å². The summed E-state index contributed by atoms with van der Waals surface area (Å²) < 4.78 is 0. The lowest BCUT2D eigenvalue weighted by Gasteiger charge is -2.36. The first-order chi connectivity index (χ1) is 14.9. The summed E-state index contributed by atoms with van der Waals surface area (Å²) in [6.45, 7) is 6.98. The van der Waals surface area contributed by atoms with Crippen molar-refractivity contribution in [2.45, 2.75) is 44.0 Å². The van der Waals surface area contributed by atoms with E-state index in [1.165, 1.54) is 17.3 Å². The second kappa shape index (κ2) is 9.28. The Labute approximate surface area is 191 Å². The molecule has 0 fully saturated rings. The fourth-order valence-corrected chi connectivity index (χ4v) is 5.68. The molecule has 31 heavy (non-hydrogen) atoms. The molecular weight excluding hydrogens is 424 g/mol. The third kappa shape index (κ3) is 4.70. The summed E-state index contributed by atoms with van der Waals surface area (Å²) in [7, 11) is 0. The molecule has 0 saturated heterocycles. The Bertz CT molecular complexity index is 1090. The van der Waals surface area contributed by atoms with Gasteiger partial charge in [-0.25, -0.2) is 0 Å². The van der Waals surface area contributed by atoms with Crippen LogP contribution in [-0.2, 0) is 22.7 Å². The van der Waals surface area contributed by atoms with E-state index in [2.05, 4.69) is 37.4 Å². The SMILES string of the molecule is Cc1ccc(C)c(CN2C(=O)[C@@H]([C@H](C)C(=O)NCc3cccs3)Sc3ccccc32)c1. The van der Waals surface area contributed by atoms with Crippen molar-refractivity contribution < 1.29 is 9.59 Å². The van der Waals surface area contributed by atoms with Gasteiger partial charge in [-0.15, -0.1) is 23.1 Å². The van der Waals surface area contributed by atoms with E-state index in [4.69, 9.17) is 0 Å². The summed E-state index contributed by atoms with van der Waals surface area (Å²) in [6.07, 6.45) is 0. The van der Waals surface area contributed by atoms with Crippen molar-refractivity contribution in [2.75, 3.05) is 4.90 Å². The molecule has 3 aromatic rings. The van der Waals surface area contributed by atoms with E-state index in [0.29, 0.717) is 13.1 Å². The monoisotopic (exact) mass is 450 g/mol. The number of carbonyl (C=O) groups is 2. The molecular formula is C25H26N2O2S2. The van der Waals surface area contributed by atoms with Crippen LogP contribution < -0.4 is 10.2 Å². The quantitative estimate of drug-likeness (QED) is 0.553. The maximum Gasteiger partial charge on any atom is 0.241 e. The number of thioether (sulfide) groups is 1. The Morgan fingerprint density at radius 2 is 1.94 bits per heavy atom. The molecule has 4 nitrogen and oxygen atoms in total. The van der Waals surface area contributed by atoms with Crippen molar-refractivity contribution in [3.63, 3.8) is 0 Å². The smallest absolute Gasteiger partial charge is 0.241 e. The molecule has 4 rings (SSSR count). The summed E-state index contributed by atoms with van der Waals surface area (Å²) in [6, 6.07) is 18.3. The maximum absolute atomic E-state index is 13.6. The molecule has 2 heterocycles. The molecule has 1 aromatic heterocycles. The summed E-state index contributed by atoms with van der Waals surface area (Å²) in [5.74, 6) is -0.541. The number of carbonyl (C=O) groups excluding carboxylic acids is 2. The van der Waals surface area contributed by atoms with Gasteiger partial charge in [-0.1, -0.05) is 48.9 Å². The van der Waals surface area contributed by atoms with Crippen LogP contribution in [0.3, 0.4) is 0 Å². The standard InChI is InChI=1S/C25H26N2O2S2/c1-16-10-11-17(2)19(13-16)15-27-21-8-4-5-9-22(21)31-23(25(27)29)18(3)24(28)26-14-20-7-6-12-30-20/h4-13,18,23H,14-15H2,1-3H3,(H,26,28)/t18-,23+/m0/s1. The second-order valence-electron chi connectivity index (χ2n) is 7.95. The average Bonchev–Trinajstić information content (AvgIpc) is 3.29. The van der Waals surface area contributed by atoms with E-state index in [0.717, 1.165) is 26.6 Å². The number of nitrogens with zero attached hydrogens (tertiary/aromatic N) is 1. The first-order valence-electron chi connectivity index (χ1n) is 10.4. The van der Waals surface area contributed by atoms with Crippen molar-refractivity contribution in [3.8, 4) is 0 Å². The van der Waals surface area contributed by atoms with E-state index < -0.39 is 11.2 Å². The van der Waals surface area contributed by atoms with Crippen molar-refractivity contribution in [1.82, 2.24) is 5.32 Å². The number of para-hydroxylation sites is 1. The molecule has 2 amide bonds. The summed E-state index contributed by atoms with van der Waals surface area (Å²) in [4.78, 5) is 30.5. The Morgan fingerprint density at radius 1 is 1.13 bits per heavy atom. The minimum Gasteiger partial charge on any atom is -0.351 e. The van der Waals surface area contributed by atoms with Crippen LogP contribution in [0, 0.1) is 19.8 Å². The van der Waals surface area contributed by atoms with Crippen LogP contribution >= 0.6 is 23.1 Å². The fraction of sp³-hybridized carbons (Fsp3) is 0.280. The van der Waals surface area contributed by atoms with E-state index in [1.807, 2.05) is 53.6 Å². The van der Waals surface area contributed by atoms with Crippen LogP contribution in [0.15, 0.2) is 64.9 Å². The number of hydrogen-bond donors (Lipinski definition) is 1. The van der Waals surface area contributed by atoms with Crippen LogP contribution in [0.2, 0.25) is 0 Å². The van der Waals surface area contributed by atoms with E-state index in [-0.39, 0.29) is 11.8 Å². The number of hydrogen-bond acceptors (Lipinski definition) is 4. The van der Waals surface area contributed by atoms with Gasteiger partial charge in [-0.2, -0.15) is 0 Å². The zero-order valence-electron chi connectivity index (χ0n) is 17.9. The summed E-state index contributed by atoms with van der Waals surface area (Å²) in [5, 5.41) is 4.53. The van der Waals surface area contributed by atoms with Crippen LogP contribution in [0.1, 0.15) is 28.5 Å². The lowest BCUT2D eigenvalue weighted by Crippen LogP contribution is -2.47. The van der Waals surface area contributed by atoms with Gasteiger partial charge >= 0.3 is 0 Å². The molecule has 0 radical (unpaired) electrons. The topological polar surface area (TPSA) is 49.4 Å². The van der Waals surface area contributed by atoms with Gasteiger partial charge < -0.3 is 10.2 Å². The molecule has 160 valence electrons. The van der Waals surface area contributed by atoms with Crippen LogP contribution in [0.5, 0.6) is 0 Å². The highest BCUT2D eigenvalue weighted by molar-refractivity contribution is 8.01. The van der Waals surface area contributed by atoms with Gasteiger partial charge in [0.05, 0.1) is 24.7 Å². The lowest BCUT2D eigenvalue weighted by molar-refractivity contribution is -0.128. The van der Waals surface area contributed by atoms with Crippen molar-refractivity contribution in [2.24, 2.45) is 5.92 Å². The first-order valence-corrected chi connectivity index (χ1v) is 12.1. The zero-order chi connectivity index (χ0) is 22.0. The van der Waals surface area contributed by atoms with Gasteiger partial charge in [0.15, 0.2) is 0 Å². The summed E-state index contributed by atoms with van der Waals surface area (Å²) >= 11 is 3.11. The minimum absolute atomic E-state index is 0.0108. The third-order valence-electron chi connectivity index (χ3n) is 5.64. The van der Waals surface area contributed by atoms with Gasteiger partial charge in [0.2, 0.25) is 11.8 Å². The fourth-order valence-electron chi connectivity index (χ4n) is 3.75. The number of amides is 2. The molecule has 2 aromatic carbocycles. The second-order valence-corrected chi connectivity index (χ2v) is 10.2. The number of aryl methyl sites for hydroxylation is 2. The third-order valence-corrected chi connectivity index (χ3v) is 7.98. The largest absolute Gasteiger partial charge is 0.351 e. The molecule has 0 aliphatic carbocycles. The van der Waals surface area contributed by atoms with Gasteiger partial charge in [-0.3, -0.25) is 9.59 Å². The van der Waals surface area contributed by atoms with Crippen LogP contribution in [0.25, 0.3) is 0 Å². The minimum atomic E-state index is -0.455. The molecule has 1 aliphatic heterocycles. The number of anilines is 1. The number of thiophene rings is 1. The van der Waals surface area contributed by atoms with E-state index >= 15 is 0 Å². The molecule has 2 atom stereocenters. The Morgan fingerprint density at radius 3 is 2.71 bits per heavy atom. The Hall–Kier alpha value is -2.57. The number of fused-ring (bicyclic) bond motifs is 1. The molecule has 1 aliphatic rings.